The average Bonchev–Trinajstić information content (AvgIpc) is 3.32. The topological polar surface area (TPSA) is 64.4 Å². The fraction of sp³-hybridized carbons (Fsp3) is 0.182. The quantitative estimate of drug-likeness (QED) is 0.486. The summed E-state index contributed by atoms with van der Waals surface area (Å²) in [6.07, 6.45) is 0. The Balaban J connectivity index is 1.48. The maximum atomic E-state index is 12.8. The lowest BCUT2D eigenvalue weighted by atomic mass is 10.1. The van der Waals surface area contributed by atoms with Crippen molar-refractivity contribution in [3.8, 4) is 5.75 Å². The molecule has 142 valence electrons. The molecule has 2 aromatic heterocycles. The number of furan rings is 1. The van der Waals surface area contributed by atoms with Crippen LogP contribution in [0.2, 0.25) is 0 Å². The number of hydrogen-bond donors (Lipinski definition) is 1. The lowest BCUT2D eigenvalue weighted by Crippen LogP contribution is -2.26. The molecule has 28 heavy (non-hydrogen) atoms. The van der Waals surface area contributed by atoms with Crippen LogP contribution in [0.5, 0.6) is 5.75 Å². The molecule has 0 saturated heterocycles. The third-order valence-corrected chi connectivity index (χ3v) is 5.22. The van der Waals surface area contributed by atoms with Gasteiger partial charge in [-0.3, -0.25) is 4.79 Å². The van der Waals surface area contributed by atoms with E-state index in [-0.39, 0.29) is 11.9 Å². The Hall–Kier alpha value is -3.12. The first-order valence-electron chi connectivity index (χ1n) is 9.02. The number of hydrogen-bond acceptors (Lipinski definition) is 5. The largest absolute Gasteiger partial charge is 0.486 e. The van der Waals surface area contributed by atoms with Crippen molar-refractivity contribution in [2.45, 2.75) is 26.5 Å². The number of ether oxygens (including phenoxy) is 1. The second-order valence-corrected chi connectivity index (χ2v) is 7.59. The molecule has 2 aromatic carbocycles. The zero-order chi connectivity index (χ0) is 19.5. The Morgan fingerprint density at radius 2 is 2.00 bits per heavy atom. The predicted molar refractivity (Wildman–Crippen MR) is 110 cm³/mol. The lowest BCUT2D eigenvalue weighted by Gasteiger charge is -2.14. The molecule has 6 heteroatoms. The normalized spacial score (nSPS) is 12.1. The molecule has 4 aromatic rings. The summed E-state index contributed by atoms with van der Waals surface area (Å²) in [5.41, 5.74) is 2.15. The van der Waals surface area contributed by atoms with Crippen LogP contribution in [0.15, 0.2) is 64.4 Å². The third kappa shape index (κ3) is 3.92. The SMILES string of the molecule is Cc1nc(COc2ccccc2C(=O)NC(C)c2cc3ccccc3o2)cs1. The Labute approximate surface area is 167 Å². The monoisotopic (exact) mass is 392 g/mol. The maximum Gasteiger partial charge on any atom is 0.255 e. The number of aryl methyl sites for hydroxylation is 1. The first-order valence-corrected chi connectivity index (χ1v) is 9.90. The van der Waals surface area contributed by atoms with Gasteiger partial charge in [-0.2, -0.15) is 0 Å². The summed E-state index contributed by atoms with van der Waals surface area (Å²) in [6.45, 7) is 4.18. The van der Waals surface area contributed by atoms with Gasteiger partial charge in [-0.25, -0.2) is 4.98 Å². The van der Waals surface area contributed by atoms with Gasteiger partial charge in [0, 0.05) is 10.8 Å². The first kappa shape index (κ1) is 18.3. The summed E-state index contributed by atoms with van der Waals surface area (Å²) in [4.78, 5) is 17.2. The van der Waals surface area contributed by atoms with Crippen LogP contribution in [0.1, 0.15) is 39.8 Å². The van der Waals surface area contributed by atoms with Crippen molar-refractivity contribution in [3.63, 3.8) is 0 Å². The van der Waals surface area contributed by atoms with Gasteiger partial charge in [0.05, 0.1) is 22.3 Å². The second-order valence-electron chi connectivity index (χ2n) is 6.52. The molecule has 4 rings (SSSR count). The Morgan fingerprint density at radius 3 is 2.79 bits per heavy atom. The summed E-state index contributed by atoms with van der Waals surface area (Å²) in [5.74, 6) is 1.03. The Kier molecular flexibility index (Phi) is 5.12. The van der Waals surface area contributed by atoms with E-state index in [1.54, 1.807) is 23.5 Å². The Morgan fingerprint density at radius 1 is 1.21 bits per heavy atom. The average molecular weight is 392 g/mol. The predicted octanol–water partition coefficient (Wildman–Crippen LogP) is 5.27. The molecule has 0 aliphatic heterocycles. The van der Waals surface area contributed by atoms with Crippen LogP contribution in [-0.4, -0.2) is 10.9 Å². The summed E-state index contributed by atoms with van der Waals surface area (Å²) in [6, 6.07) is 16.7. The standard InChI is InChI=1S/C22H20N2O3S/c1-14(21-11-16-7-3-5-9-19(16)27-21)23-22(25)18-8-4-6-10-20(18)26-12-17-13-28-15(2)24-17/h3-11,13-14H,12H2,1-2H3,(H,23,25). The Bertz CT molecular complexity index is 1080. The summed E-state index contributed by atoms with van der Waals surface area (Å²) in [5, 5.41) is 6.95. The van der Waals surface area contributed by atoms with Gasteiger partial charge in [-0.05, 0) is 38.1 Å². The number of carbonyl (C=O) groups excluding carboxylic acids is 1. The van der Waals surface area contributed by atoms with Gasteiger partial charge in [0.15, 0.2) is 0 Å². The number of para-hydroxylation sites is 2. The number of thiazole rings is 1. The van der Waals surface area contributed by atoms with Gasteiger partial charge >= 0.3 is 0 Å². The van der Waals surface area contributed by atoms with Crippen LogP contribution in [0.25, 0.3) is 11.0 Å². The summed E-state index contributed by atoms with van der Waals surface area (Å²) in [7, 11) is 0. The molecule has 0 aliphatic rings. The number of fused-ring (bicyclic) bond motifs is 1. The van der Waals surface area contributed by atoms with Gasteiger partial charge in [0.25, 0.3) is 5.91 Å². The molecule has 5 nitrogen and oxygen atoms in total. The lowest BCUT2D eigenvalue weighted by molar-refractivity contribution is 0.0931. The van der Waals surface area contributed by atoms with E-state index in [1.807, 2.05) is 61.7 Å². The highest BCUT2D eigenvalue weighted by molar-refractivity contribution is 7.09. The number of carbonyl (C=O) groups is 1. The zero-order valence-corrected chi connectivity index (χ0v) is 16.5. The highest BCUT2D eigenvalue weighted by Gasteiger charge is 2.18. The van der Waals surface area contributed by atoms with Gasteiger partial charge in [0.1, 0.15) is 23.7 Å². The van der Waals surface area contributed by atoms with Crippen molar-refractivity contribution in [2.24, 2.45) is 0 Å². The van der Waals surface area contributed by atoms with Crippen LogP contribution in [0.3, 0.4) is 0 Å². The van der Waals surface area contributed by atoms with Crippen LogP contribution in [-0.2, 0) is 6.61 Å². The van der Waals surface area contributed by atoms with E-state index < -0.39 is 0 Å². The summed E-state index contributed by atoms with van der Waals surface area (Å²) < 4.78 is 11.7. The first-order chi connectivity index (χ1) is 13.6. The van der Waals surface area contributed by atoms with Crippen molar-refractivity contribution in [2.75, 3.05) is 0 Å². The molecule has 0 spiro atoms. The highest BCUT2D eigenvalue weighted by Crippen LogP contribution is 2.25. The molecular weight excluding hydrogens is 372 g/mol. The van der Waals surface area contributed by atoms with E-state index in [2.05, 4.69) is 10.3 Å². The fourth-order valence-electron chi connectivity index (χ4n) is 2.97. The van der Waals surface area contributed by atoms with Crippen LogP contribution in [0, 0.1) is 6.92 Å². The second kappa shape index (κ2) is 7.86. The van der Waals surface area contributed by atoms with Crippen molar-refractivity contribution in [1.29, 1.82) is 0 Å². The van der Waals surface area contributed by atoms with Crippen LogP contribution < -0.4 is 10.1 Å². The van der Waals surface area contributed by atoms with Crippen molar-refractivity contribution in [3.05, 3.63) is 82.0 Å². The molecule has 1 N–H and O–H groups in total. The minimum atomic E-state index is -0.269. The third-order valence-electron chi connectivity index (χ3n) is 4.39. The summed E-state index contributed by atoms with van der Waals surface area (Å²) >= 11 is 1.58. The molecule has 1 amide bonds. The number of nitrogens with one attached hydrogen (secondary N) is 1. The fourth-order valence-corrected chi connectivity index (χ4v) is 3.56. The van der Waals surface area contributed by atoms with Crippen molar-refractivity contribution >= 4 is 28.2 Å². The van der Waals surface area contributed by atoms with E-state index in [4.69, 9.17) is 9.15 Å². The van der Waals surface area contributed by atoms with Gasteiger partial charge in [-0.1, -0.05) is 30.3 Å². The van der Waals surface area contributed by atoms with Gasteiger partial charge in [0.2, 0.25) is 0 Å². The molecule has 0 saturated carbocycles. The van der Waals surface area contributed by atoms with Gasteiger partial charge in [-0.15, -0.1) is 11.3 Å². The van der Waals surface area contributed by atoms with Gasteiger partial charge < -0.3 is 14.5 Å². The number of nitrogens with zero attached hydrogens (tertiary/aromatic N) is 1. The van der Waals surface area contributed by atoms with E-state index in [0.717, 1.165) is 21.7 Å². The van der Waals surface area contributed by atoms with E-state index in [0.29, 0.717) is 23.7 Å². The zero-order valence-electron chi connectivity index (χ0n) is 15.6. The molecule has 0 aliphatic carbocycles. The number of amides is 1. The molecule has 0 fully saturated rings. The smallest absolute Gasteiger partial charge is 0.255 e. The molecule has 0 bridgehead atoms. The minimum absolute atomic E-state index is 0.210. The number of rotatable bonds is 6. The van der Waals surface area contributed by atoms with Crippen molar-refractivity contribution in [1.82, 2.24) is 10.3 Å². The molecule has 0 radical (unpaired) electrons. The molecule has 1 unspecified atom stereocenters. The molecule has 1 atom stereocenters. The maximum absolute atomic E-state index is 12.8. The van der Waals surface area contributed by atoms with Crippen molar-refractivity contribution < 1.29 is 13.9 Å². The number of aromatic nitrogens is 1. The van der Waals surface area contributed by atoms with Crippen LogP contribution >= 0.6 is 11.3 Å². The highest BCUT2D eigenvalue weighted by atomic mass is 32.1. The van der Waals surface area contributed by atoms with E-state index >= 15 is 0 Å². The van der Waals surface area contributed by atoms with E-state index in [1.165, 1.54) is 0 Å². The molecule has 2 heterocycles. The van der Waals surface area contributed by atoms with Crippen LogP contribution in [0.4, 0.5) is 0 Å². The molecular formula is C22H20N2O3S. The number of benzene rings is 2. The minimum Gasteiger partial charge on any atom is -0.486 e. The van der Waals surface area contributed by atoms with E-state index in [9.17, 15) is 4.79 Å².